The first-order valence-corrected chi connectivity index (χ1v) is 10.7. The number of anilines is 1. The predicted octanol–water partition coefficient (Wildman–Crippen LogP) is 3.83. The molecule has 2 amide bonds. The number of amidine groups is 1. The van der Waals surface area contributed by atoms with Gasteiger partial charge in [0.15, 0.2) is 0 Å². The second-order valence-electron chi connectivity index (χ2n) is 8.43. The Labute approximate surface area is 177 Å². The number of aryl methyl sites for hydroxylation is 1. The van der Waals surface area contributed by atoms with Crippen LogP contribution in [0.1, 0.15) is 44.6 Å². The SMILES string of the molecule is CNC1CCC(N2C(=O)N(c3c(C)cccc3F)CC(C3=CC3)=C2/N=C(/C)N)CC1. The topological polar surface area (TPSA) is 74.0 Å². The number of hydrogen-bond donors (Lipinski definition) is 2. The summed E-state index contributed by atoms with van der Waals surface area (Å²) in [5, 5.41) is 3.34. The van der Waals surface area contributed by atoms with Crippen molar-refractivity contribution in [3.8, 4) is 0 Å². The molecule has 6 nitrogen and oxygen atoms in total. The van der Waals surface area contributed by atoms with E-state index in [-0.39, 0.29) is 17.9 Å². The van der Waals surface area contributed by atoms with Crippen molar-refractivity contribution in [3.63, 3.8) is 0 Å². The maximum Gasteiger partial charge on any atom is 0.330 e. The zero-order valence-corrected chi connectivity index (χ0v) is 17.9. The molecular formula is C23H30FN5O. The van der Waals surface area contributed by atoms with Gasteiger partial charge in [0.2, 0.25) is 0 Å². The first kappa shape index (κ1) is 20.6. The van der Waals surface area contributed by atoms with Crippen LogP contribution in [0.15, 0.2) is 46.2 Å². The Balaban J connectivity index is 1.80. The molecule has 1 aliphatic heterocycles. The number of hydrogen-bond acceptors (Lipinski definition) is 3. The van der Waals surface area contributed by atoms with Crippen molar-refractivity contribution < 1.29 is 9.18 Å². The normalized spacial score (nSPS) is 25.0. The van der Waals surface area contributed by atoms with Crippen molar-refractivity contribution in [1.82, 2.24) is 10.2 Å². The molecule has 0 spiro atoms. The van der Waals surface area contributed by atoms with Gasteiger partial charge in [-0.25, -0.2) is 14.2 Å². The van der Waals surface area contributed by atoms with Crippen molar-refractivity contribution in [1.29, 1.82) is 0 Å². The van der Waals surface area contributed by atoms with Crippen molar-refractivity contribution in [2.24, 2.45) is 10.7 Å². The number of nitrogens with two attached hydrogens (primary N) is 1. The van der Waals surface area contributed by atoms with Crippen LogP contribution in [0.25, 0.3) is 0 Å². The minimum atomic E-state index is -0.381. The highest BCUT2D eigenvalue weighted by Crippen LogP contribution is 2.40. The number of benzene rings is 1. The molecule has 1 saturated carbocycles. The molecule has 7 heteroatoms. The lowest BCUT2D eigenvalue weighted by molar-refractivity contribution is 0.171. The molecule has 3 aliphatic rings. The largest absolute Gasteiger partial charge is 0.387 e. The number of halogens is 1. The fourth-order valence-electron chi connectivity index (χ4n) is 4.58. The number of urea groups is 1. The Morgan fingerprint density at radius 2 is 1.97 bits per heavy atom. The maximum atomic E-state index is 14.8. The van der Waals surface area contributed by atoms with E-state index in [1.54, 1.807) is 22.8 Å². The molecule has 0 aromatic heterocycles. The van der Waals surface area contributed by atoms with Crippen molar-refractivity contribution in [2.75, 3.05) is 18.5 Å². The van der Waals surface area contributed by atoms with Gasteiger partial charge in [-0.1, -0.05) is 18.2 Å². The molecule has 4 rings (SSSR count). The highest BCUT2D eigenvalue weighted by atomic mass is 19.1. The van der Waals surface area contributed by atoms with E-state index in [4.69, 9.17) is 5.73 Å². The maximum absolute atomic E-state index is 14.8. The van der Waals surface area contributed by atoms with E-state index in [0.717, 1.165) is 48.8 Å². The van der Waals surface area contributed by atoms with Gasteiger partial charge in [-0.2, -0.15) is 0 Å². The van der Waals surface area contributed by atoms with Crippen LogP contribution in [-0.4, -0.2) is 42.4 Å². The van der Waals surface area contributed by atoms with Crippen LogP contribution in [0.2, 0.25) is 0 Å². The summed E-state index contributed by atoms with van der Waals surface area (Å²) in [5.41, 5.74) is 9.18. The summed E-state index contributed by atoms with van der Waals surface area (Å²) in [7, 11) is 1.98. The van der Waals surface area contributed by atoms with Gasteiger partial charge in [0.25, 0.3) is 0 Å². The average Bonchev–Trinajstić information content (AvgIpc) is 3.54. The number of allylic oxidation sites excluding steroid dienone is 1. The van der Waals surface area contributed by atoms with Gasteiger partial charge in [0, 0.05) is 17.7 Å². The van der Waals surface area contributed by atoms with Gasteiger partial charge in [-0.05, 0) is 70.2 Å². The third-order valence-electron chi connectivity index (χ3n) is 6.26. The lowest BCUT2D eigenvalue weighted by atomic mass is 9.89. The number of amides is 2. The Morgan fingerprint density at radius 1 is 1.27 bits per heavy atom. The molecule has 2 aliphatic carbocycles. The molecule has 160 valence electrons. The summed E-state index contributed by atoms with van der Waals surface area (Å²) < 4.78 is 14.8. The van der Waals surface area contributed by atoms with Crippen molar-refractivity contribution in [3.05, 3.63) is 52.6 Å². The first-order chi connectivity index (χ1) is 14.4. The van der Waals surface area contributed by atoms with Crippen LogP contribution in [-0.2, 0) is 0 Å². The quantitative estimate of drug-likeness (QED) is 0.571. The lowest BCUT2D eigenvalue weighted by Crippen LogP contribution is -2.54. The number of aliphatic imine (C=N–C) groups is 1. The van der Waals surface area contributed by atoms with E-state index in [1.807, 2.05) is 20.0 Å². The number of carbonyl (C=O) groups is 1. The van der Waals surface area contributed by atoms with Crippen molar-refractivity contribution in [2.45, 2.75) is 58.0 Å². The molecule has 1 heterocycles. The molecule has 1 aromatic carbocycles. The van der Waals surface area contributed by atoms with Gasteiger partial charge >= 0.3 is 6.03 Å². The average molecular weight is 412 g/mol. The van der Waals surface area contributed by atoms with Crippen molar-refractivity contribution >= 4 is 17.6 Å². The van der Waals surface area contributed by atoms with E-state index in [2.05, 4.69) is 16.4 Å². The van der Waals surface area contributed by atoms with Crippen LogP contribution in [0, 0.1) is 12.7 Å². The smallest absolute Gasteiger partial charge is 0.330 e. The summed E-state index contributed by atoms with van der Waals surface area (Å²) in [6.07, 6.45) is 6.71. The molecule has 3 N–H and O–H groups in total. The van der Waals surface area contributed by atoms with Gasteiger partial charge in [-0.3, -0.25) is 9.80 Å². The highest BCUT2D eigenvalue weighted by molar-refractivity contribution is 5.97. The Kier molecular flexibility index (Phi) is 5.64. The predicted molar refractivity (Wildman–Crippen MR) is 118 cm³/mol. The summed E-state index contributed by atoms with van der Waals surface area (Å²) in [5.74, 6) is 0.677. The Hall–Kier alpha value is -2.67. The number of nitrogens with one attached hydrogen (secondary N) is 1. The van der Waals surface area contributed by atoms with Gasteiger partial charge < -0.3 is 11.1 Å². The van der Waals surface area contributed by atoms with E-state index < -0.39 is 0 Å². The standard InChI is InChI=1S/C23H30FN5O/c1-14-5-4-6-20(24)21(14)28-13-19(16-7-8-16)22(27-15(2)25)29(23(28)30)18-11-9-17(26-3)10-12-18/h4-7,17-18,26H,8-13H2,1-3H3,(H2,25,27). The fraction of sp³-hybridized carbons (Fsp3) is 0.478. The third kappa shape index (κ3) is 3.86. The molecule has 1 aromatic rings. The first-order valence-electron chi connectivity index (χ1n) is 10.7. The summed E-state index contributed by atoms with van der Waals surface area (Å²) in [4.78, 5) is 21.7. The summed E-state index contributed by atoms with van der Waals surface area (Å²) in [6, 6.07) is 5.18. The second kappa shape index (κ2) is 8.22. The van der Waals surface area contributed by atoms with E-state index in [0.29, 0.717) is 29.9 Å². The third-order valence-corrected chi connectivity index (χ3v) is 6.26. The summed E-state index contributed by atoms with van der Waals surface area (Å²) >= 11 is 0. The highest BCUT2D eigenvalue weighted by Gasteiger charge is 2.41. The molecule has 0 bridgehead atoms. The van der Waals surface area contributed by atoms with Crippen LogP contribution in [0.5, 0.6) is 0 Å². The molecule has 30 heavy (non-hydrogen) atoms. The minimum absolute atomic E-state index is 0.0180. The monoisotopic (exact) mass is 411 g/mol. The lowest BCUT2D eigenvalue weighted by Gasteiger charge is -2.43. The summed E-state index contributed by atoms with van der Waals surface area (Å²) in [6.45, 7) is 3.88. The number of nitrogens with zero attached hydrogens (tertiary/aromatic N) is 3. The molecular weight excluding hydrogens is 381 g/mol. The van der Waals surface area contributed by atoms with Gasteiger partial charge in [0.05, 0.1) is 18.1 Å². The molecule has 0 saturated heterocycles. The molecule has 1 fully saturated rings. The zero-order chi connectivity index (χ0) is 21.4. The minimum Gasteiger partial charge on any atom is -0.387 e. The van der Waals surface area contributed by atoms with Gasteiger partial charge in [-0.15, -0.1) is 0 Å². The van der Waals surface area contributed by atoms with Crippen LogP contribution in [0.3, 0.4) is 0 Å². The molecule has 0 radical (unpaired) electrons. The van der Waals surface area contributed by atoms with E-state index in [9.17, 15) is 9.18 Å². The van der Waals surface area contributed by atoms with E-state index in [1.165, 1.54) is 6.07 Å². The fourth-order valence-corrected chi connectivity index (χ4v) is 4.58. The number of rotatable bonds is 5. The van der Waals surface area contributed by atoms with Crippen LogP contribution in [0.4, 0.5) is 14.9 Å². The molecule has 0 unspecified atom stereocenters. The molecule has 0 atom stereocenters. The van der Waals surface area contributed by atoms with Crippen LogP contribution >= 0.6 is 0 Å². The number of para-hydroxylation sites is 1. The van der Waals surface area contributed by atoms with E-state index >= 15 is 0 Å². The number of carbonyl (C=O) groups excluding carboxylic acids is 1. The van der Waals surface area contributed by atoms with Gasteiger partial charge in [0.1, 0.15) is 11.6 Å². The van der Waals surface area contributed by atoms with Crippen LogP contribution < -0.4 is 16.0 Å². The second-order valence-corrected chi connectivity index (χ2v) is 8.43. The Morgan fingerprint density at radius 3 is 2.53 bits per heavy atom. The Bertz CT molecular complexity index is 919. The zero-order valence-electron chi connectivity index (χ0n) is 17.9.